The monoisotopic (exact) mass is 231 g/mol. The van der Waals surface area contributed by atoms with Crippen LogP contribution in [0.15, 0.2) is 30.3 Å². The van der Waals surface area contributed by atoms with Gasteiger partial charge in [0.1, 0.15) is 0 Å². The van der Waals surface area contributed by atoms with Crippen molar-refractivity contribution < 1.29 is 0 Å². The molecule has 3 atom stereocenters. The predicted octanol–water partition coefficient (Wildman–Crippen LogP) is 3.66. The van der Waals surface area contributed by atoms with Gasteiger partial charge in [-0.25, -0.2) is 0 Å². The average Bonchev–Trinajstić information content (AvgIpc) is 2.82. The summed E-state index contributed by atoms with van der Waals surface area (Å²) in [7, 11) is 0. The molecule has 1 heteroatoms. The molecule has 1 aromatic rings. The van der Waals surface area contributed by atoms with Crippen molar-refractivity contribution in [1.29, 1.82) is 0 Å². The van der Waals surface area contributed by atoms with Crippen molar-refractivity contribution >= 4 is 0 Å². The van der Waals surface area contributed by atoms with Gasteiger partial charge in [-0.05, 0) is 41.2 Å². The minimum Gasteiger partial charge on any atom is -0.330 e. The Morgan fingerprint density at radius 1 is 1.18 bits per heavy atom. The van der Waals surface area contributed by atoms with E-state index < -0.39 is 0 Å². The SMILES string of the molecule is CC(C)C(c1ccccc1)C1C(CN)C1(C)C. The van der Waals surface area contributed by atoms with Gasteiger partial charge in [-0.2, -0.15) is 0 Å². The molecule has 2 N–H and O–H groups in total. The van der Waals surface area contributed by atoms with Gasteiger partial charge in [0.2, 0.25) is 0 Å². The molecule has 0 heterocycles. The van der Waals surface area contributed by atoms with E-state index in [2.05, 4.69) is 58.0 Å². The van der Waals surface area contributed by atoms with Crippen LogP contribution in [0.3, 0.4) is 0 Å². The second kappa shape index (κ2) is 4.45. The molecule has 94 valence electrons. The summed E-state index contributed by atoms with van der Waals surface area (Å²) >= 11 is 0. The summed E-state index contributed by atoms with van der Waals surface area (Å²) in [5.41, 5.74) is 7.81. The first-order chi connectivity index (χ1) is 8.00. The second-order valence-corrected chi connectivity index (χ2v) is 6.37. The molecule has 1 aliphatic carbocycles. The van der Waals surface area contributed by atoms with E-state index in [1.807, 2.05) is 0 Å². The topological polar surface area (TPSA) is 26.0 Å². The fraction of sp³-hybridized carbons (Fsp3) is 0.625. The van der Waals surface area contributed by atoms with Crippen molar-refractivity contribution in [3.8, 4) is 0 Å². The Labute approximate surface area is 105 Å². The van der Waals surface area contributed by atoms with Crippen LogP contribution in [0.25, 0.3) is 0 Å². The summed E-state index contributed by atoms with van der Waals surface area (Å²) in [5.74, 6) is 2.77. The Balaban J connectivity index is 2.27. The van der Waals surface area contributed by atoms with Gasteiger partial charge in [-0.3, -0.25) is 0 Å². The van der Waals surface area contributed by atoms with E-state index in [0.717, 1.165) is 12.5 Å². The molecule has 2 rings (SSSR count). The van der Waals surface area contributed by atoms with E-state index in [1.165, 1.54) is 5.56 Å². The molecule has 17 heavy (non-hydrogen) atoms. The number of nitrogens with two attached hydrogens (primary N) is 1. The standard InChI is InChI=1S/C16H25N/c1-11(2)14(12-8-6-5-7-9-12)15-13(10-17)16(15,3)4/h5-9,11,13-15H,10,17H2,1-4H3. The van der Waals surface area contributed by atoms with Gasteiger partial charge < -0.3 is 5.73 Å². The smallest absolute Gasteiger partial charge is 0.00406 e. The zero-order chi connectivity index (χ0) is 12.6. The molecule has 0 aromatic heterocycles. The Morgan fingerprint density at radius 3 is 2.18 bits per heavy atom. The Morgan fingerprint density at radius 2 is 1.76 bits per heavy atom. The van der Waals surface area contributed by atoms with Crippen LogP contribution in [0.5, 0.6) is 0 Å². The molecular weight excluding hydrogens is 206 g/mol. The summed E-state index contributed by atoms with van der Waals surface area (Å²) in [6.45, 7) is 10.2. The molecule has 0 bridgehead atoms. The molecule has 1 fully saturated rings. The molecule has 0 amide bonds. The van der Waals surface area contributed by atoms with Crippen molar-refractivity contribution in [3.63, 3.8) is 0 Å². The summed E-state index contributed by atoms with van der Waals surface area (Å²) in [6, 6.07) is 10.9. The molecule has 1 aromatic carbocycles. The van der Waals surface area contributed by atoms with Crippen molar-refractivity contribution in [1.82, 2.24) is 0 Å². The van der Waals surface area contributed by atoms with E-state index >= 15 is 0 Å². The highest BCUT2D eigenvalue weighted by atomic mass is 14.7. The first kappa shape index (κ1) is 12.6. The lowest BCUT2D eigenvalue weighted by atomic mass is 9.81. The van der Waals surface area contributed by atoms with E-state index in [1.54, 1.807) is 0 Å². The maximum absolute atomic E-state index is 5.92. The maximum Gasteiger partial charge on any atom is -0.00406 e. The van der Waals surface area contributed by atoms with Gasteiger partial charge >= 0.3 is 0 Å². The third-order valence-corrected chi connectivity index (χ3v) is 4.68. The molecule has 0 saturated heterocycles. The first-order valence-corrected chi connectivity index (χ1v) is 6.75. The summed E-state index contributed by atoms with van der Waals surface area (Å²) in [5, 5.41) is 0. The molecular formula is C16H25N. The normalized spacial score (nSPS) is 28.1. The fourth-order valence-corrected chi connectivity index (χ4v) is 3.63. The molecule has 0 radical (unpaired) electrons. The Kier molecular flexibility index (Phi) is 3.31. The fourth-order valence-electron chi connectivity index (χ4n) is 3.63. The minimum atomic E-state index is 0.416. The van der Waals surface area contributed by atoms with Crippen LogP contribution in [0.4, 0.5) is 0 Å². The lowest BCUT2D eigenvalue weighted by molar-refractivity contribution is 0.392. The predicted molar refractivity (Wildman–Crippen MR) is 73.8 cm³/mol. The van der Waals surface area contributed by atoms with Crippen LogP contribution in [0, 0.1) is 23.2 Å². The maximum atomic E-state index is 5.92. The molecule has 1 saturated carbocycles. The second-order valence-electron chi connectivity index (χ2n) is 6.37. The highest BCUT2D eigenvalue weighted by Crippen LogP contribution is 2.64. The number of hydrogen-bond acceptors (Lipinski definition) is 1. The van der Waals surface area contributed by atoms with E-state index in [-0.39, 0.29) is 0 Å². The molecule has 0 spiro atoms. The number of rotatable bonds is 4. The van der Waals surface area contributed by atoms with Crippen LogP contribution in [-0.2, 0) is 0 Å². The molecule has 1 aliphatic rings. The van der Waals surface area contributed by atoms with Crippen molar-refractivity contribution in [2.75, 3.05) is 6.54 Å². The van der Waals surface area contributed by atoms with Crippen molar-refractivity contribution in [2.45, 2.75) is 33.6 Å². The Hall–Kier alpha value is -0.820. The summed E-state index contributed by atoms with van der Waals surface area (Å²) in [6.07, 6.45) is 0. The van der Waals surface area contributed by atoms with Gasteiger partial charge in [0.15, 0.2) is 0 Å². The first-order valence-electron chi connectivity index (χ1n) is 6.75. The van der Waals surface area contributed by atoms with Crippen LogP contribution < -0.4 is 5.73 Å². The van der Waals surface area contributed by atoms with Gasteiger partial charge in [0, 0.05) is 0 Å². The third-order valence-electron chi connectivity index (χ3n) is 4.68. The zero-order valence-corrected chi connectivity index (χ0v) is 11.5. The minimum absolute atomic E-state index is 0.416. The van der Waals surface area contributed by atoms with E-state index in [0.29, 0.717) is 23.2 Å². The highest BCUT2D eigenvalue weighted by Gasteiger charge is 2.60. The van der Waals surface area contributed by atoms with Crippen molar-refractivity contribution in [2.24, 2.45) is 28.9 Å². The molecule has 3 unspecified atom stereocenters. The van der Waals surface area contributed by atoms with E-state index in [4.69, 9.17) is 5.73 Å². The quantitative estimate of drug-likeness (QED) is 0.841. The van der Waals surface area contributed by atoms with Gasteiger partial charge in [-0.15, -0.1) is 0 Å². The average molecular weight is 231 g/mol. The lowest BCUT2D eigenvalue weighted by Crippen LogP contribution is -2.13. The van der Waals surface area contributed by atoms with Gasteiger partial charge in [0.05, 0.1) is 0 Å². The Bertz CT molecular complexity index is 366. The third kappa shape index (κ3) is 2.13. The van der Waals surface area contributed by atoms with Crippen LogP contribution in [0.2, 0.25) is 0 Å². The van der Waals surface area contributed by atoms with E-state index in [9.17, 15) is 0 Å². The highest BCUT2D eigenvalue weighted by molar-refractivity contribution is 5.26. The van der Waals surface area contributed by atoms with Gasteiger partial charge in [-0.1, -0.05) is 58.0 Å². The zero-order valence-electron chi connectivity index (χ0n) is 11.5. The van der Waals surface area contributed by atoms with Gasteiger partial charge in [0.25, 0.3) is 0 Å². The molecule has 1 nitrogen and oxygen atoms in total. The lowest BCUT2D eigenvalue weighted by Gasteiger charge is -2.23. The molecule has 0 aliphatic heterocycles. The van der Waals surface area contributed by atoms with Crippen LogP contribution >= 0.6 is 0 Å². The summed E-state index contributed by atoms with van der Waals surface area (Å²) < 4.78 is 0. The summed E-state index contributed by atoms with van der Waals surface area (Å²) in [4.78, 5) is 0. The van der Waals surface area contributed by atoms with Crippen LogP contribution in [-0.4, -0.2) is 6.54 Å². The largest absolute Gasteiger partial charge is 0.330 e. The van der Waals surface area contributed by atoms with Crippen molar-refractivity contribution in [3.05, 3.63) is 35.9 Å². The number of hydrogen-bond donors (Lipinski definition) is 1. The van der Waals surface area contributed by atoms with Crippen LogP contribution in [0.1, 0.15) is 39.2 Å². The number of benzene rings is 1.